The lowest BCUT2D eigenvalue weighted by molar-refractivity contribution is -0.133. The van der Waals surface area contributed by atoms with E-state index in [2.05, 4.69) is 4.98 Å². The van der Waals surface area contributed by atoms with Crippen LogP contribution in [0.25, 0.3) is 0 Å². The smallest absolute Gasteiger partial charge is 0.223 e. The molecule has 1 rings (SSSR count). The Morgan fingerprint density at radius 2 is 2.11 bits per heavy atom. The average Bonchev–Trinajstić information content (AvgIpc) is 2.34. The van der Waals surface area contributed by atoms with E-state index in [1.54, 1.807) is 6.20 Å². The Bertz CT molecular complexity index is 363. The van der Waals surface area contributed by atoms with Crippen LogP contribution >= 0.6 is 0 Å². The Morgan fingerprint density at radius 3 is 2.61 bits per heavy atom. The van der Waals surface area contributed by atoms with Gasteiger partial charge in [-0.1, -0.05) is 6.07 Å². The maximum atomic E-state index is 12.1. The fourth-order valence-corrected chi connectivity index (χ4v) is 1.72. The summed E-state index contributed by atoms with van der Waals surface area (Å²) in [6.45, 7) is 6.53. The van der Waals surface area contributed by atoms with E-state index in [0.29, 0.717) is 13.0 Å². The van der Waals surface area contributed by atoms with E-state index in [1.165, 1.54) is 0 Å². The number of pyridine rings is 1. The molecule has 1 amide bonds. The Kier molecular flexibility index (Phi) is 5.78. The number of hydrogen-bond donors (Lipinski definition) is 1. The first-order valence-corrected chi connectivity index (χ1v) is 6.45. The molecule has 1 aromatic heterocycles. The minimum Gasteiger partial charge on any atom is -0.334 e. The lowest BCUT2D eigenvalue weighted by Gasteiger charge is -2.26. The van der Waals surface area contributed by atoms with Gasteiger partial charge in [0.05, 0.1) is 12.2 Å². The number of nitrogens with two attached hydrogens (primary N) is 1. The van der Waals surface area contributed by atoms with Gasteiger partial charge in [-0.3, -0.25) is 9.78 Å². The topological polar surface area (TPSA) is 59.2 Å². The summed E-state index contributed by atoms with van der Waals surface area (Å²) in [4.78, 5) is 18.2. The van der Waals surface area contributed by atoms with Crippen molar-refractivity contribution in [1.82, 2.24) is 9.88 Å². The fraction of sp³-hybridized carbons (Fsp3) is 0.571. The molecule has 0 aliphatic carbocycles. The molecule has 1 atom stereocenters. The van der Waals surface area contributed by atoms with Crippen LogP contribution in [0.15, 0.2) is 24.4 Å². The van der Waals surface area contributed by atoms with Crippen LogP contribution in [0.5, 0.6) is 0 Å². The molecular formula is C14H23N3O. The first-order chi connectivity index (χ1) is 8.50. The quantitative estimate of drug-likeness (QED) is 0.838. The summed E-state index contributed by atoms with van der Waals surface area (Å²) in [5.74, 6) is 0.146. The summed E-state index contributed by atoms with van der Waals surface area (Å²) in [5, 5.41) is 0. The van der Waals surface area contributed by atoms with E-state index in [9.17, 15) is 4.79 Å². The van der Waals surface area contributed by atoms with Gasteiger partial charge in [0.15, 0.2) is 0 Å². The van der Waals surface area contributed by atoms with E-state index >= 15 is 0 Å². The summed E-state index contributed by atoms with van der Waals surface area (Å²) in [6, 6.07) is 5.99. The minimum absolute atomic E-state index is 0.0674. The molecule has 2 N–H and O–H groups in total. The van der Waals surface area contributed by atoms with E-state index in [0.717, 1.165) is 12.1 Å². The highest BCUT2D eigenvalue weighted by atomic mass is 16.2. The number of amides is 1. The molecule has 0 saturated heterocycles. The second-order valence-electron chi connectivity index (χ2n) is 4.95. The van der Waals surface area contributed by atoms with Crippen molar-refractivity contribution in [3.8, 4) is 0 Å². The van der Waals surface area contributed by atoms with Crippen molar-refractivity contribution in [2.24, 2.45) is 5.73 Å². The molecule has 1 unspecified atom stereocenters. The number of carbonyl (C=O) groups is 1. The summed E-state index contributed by atoms with van der Waals surface area (Å²) in [6.07, 6.45) is 2.98. The van der Waals surface area contributed by atoms with Gasteiger partial charge in [0.1, 0.15) is 0 Å². The van der Waals surface area contributed by atoms with Crippen molar-refractivity contribution in [2.75, 3.05) is 0 Å². The predicted octanol–water partition coefficient (Wildman–Crippen LogP) is 1.95. The molecule has 0 saturated carbocycles. The SMILES string of the molecule is CC(N)CCC(=O)N(Cc1ccccn1)C(C)C. The summed E-state index contributed by atoms with van der Waals surface area (Å²) in [7, 11) is 0. The van der Waals surface area contributed by atoms with Gasteiger partial charge < -0.3 is 10.6 Å². The van der Waals surface area contributed by atoms with Crippen LogP contribution in [0, 0.1) is 0 Å². The van der Waals surface area contributed by atoms with Crippen LogP contribution in [0.3, 0.4) is 0 Å². The zero-order valence-electron chi connectivity index (χ0n) is 11.5. The van der Waals surface area contributed by atoms with Crippen molar-refractivity contribution < 1.29 is 4.79 Å². The fourth-order valence-electron chi connectivity index (χ4n) is 1.72. The van der Waals surface area contributed by atoms with Gasteiger partial charge in [-0.05, 0) is 39.3 Å². The molecule has 0 aromatic carbocycles. The standard InChI is InChI=1S/C14H23N3O/c1-11(2)17(14(18)8-7-12(3)15)10-13-6-4-5-9-16-13/h4-6,9,11-12H,7-8,10,15H2,1-3H3. The molecule has 100 valence electrons. The molecule has 4 heteroatoms. The predicted molar refractivity (Wildman–Crippen MR) is 72.8 cm³/mol. The molecular weight excluding hydrogens is 226 g/mol. The van der Waals surface area contributed by atoms with Gasteiger partial charge in [-0.2, -0.15) is 0 Å². The van der Waals surface area contributed by atoms with Crippen LogP contribution in [0.1, 0.15) is 39.3 Å². The van der Waals surface area contributed by atoms with E-state index in [-0.39, 0.29) is 18.0 Å². The Morgan fingerprint density at radius 1 is 1.39 bits per heavy atom. The zero-order chi connectivity index (χ0) is 13.5. The minimum atomic E-state index is 0.0674. The third kappa shape index (κ3) is 4.84. The Labute approximate surface area is 109 Å². The second kappa shape index (κ2) is 7.11. The van der Waals surface area contributed by atoms with Crippen molar-refractivity contribution in [2.45, 2.75) is 52.2 Å². The lowest BCUT2D eigenvalue weighted by atomic mass is 10.1. The average molecular weight is 249 g/mol. The molecule has 0 fully saturated rings. The highest BCUT2D eigenvalue weighted by molar-refractivity contribution is 5.76. The van der Waals surface area contributed by atoms with Crippen LogP contribution in [0.2, 0.25) is 0 Å². The monoisotopic (exact) mass is 249 g/mol. The number of rotatable bonds is 6. The van der Waals surface area contributed by atoms with E-state index in [4.69, 9.17) is 5.73 Å². The first kappa shape index (κ1) is 14.6. The third-order valence-corrected chi connectivity index (χ3v) is 2.82. The molecule has 1 heterocycles. The second-order valence-corrected chi connectivity index (χ2v) is 4.95. The van der Waals surface area contributed by atoms with Crippen molar-refractivity contribution in [1.29, 1.82) is 0 Å². The number of nitrogens with zero attached hydrogens (tertiary/aromatic N) is 2. The summed E-state index contributed by atoms with van der Waals surface area (Å²) >= 11 is 0. The molecule has 4 nitrogen and oxygen atoms in total. The van der Waals surface area contributed by atoms with Gasteiger partial charge in [0.25, 0.3) is 0 Å². The summed E-state index contributed by atoms with van der Waals surface area (Å²) < 4.78 is 0. The van der Waals surface area contributed by atoms with Crippen molar-refractivity contribution in [3.05, 3.63) is 30.1 Å². The molecule has 0 spiro atoms. The van der Waals surface area contributed by atoms with Crippen LogP contribution in [-0.4, -0.2) is 27.9 Å². The highest BCUT2D eigenvalue weighted by Gasteiger charge is 2.17. The third-order valence-electron chi connectivity index (χ3n) is 2.82. The van der Waals surface area contributed by atoms with Gasteiger partial charge >= 0.3 is 0 Å². The molecule has 0 radical (unpaired) electrons. The number of carbonyl (C=O) groups excluding carboxylic acids is 1. The van der Waals surface area contributed by atoms with Gasteiger partial charge in [0, 0.05) is 24.7 Å². The van der Waals surface area contributed by atoms with Crippen molar-refractivity contribution in [3.63, 3.8) is 0 Å². The molecule has 0 aliphatic heterocycles. The van der Waals surface area contributed by atoms with E-state index in [1.807, 2.05) is 43.9 Å². The molecule has 1 aromatic rings. The maximum Gasteiger partial charge on any atom is 0.223 e. The summed E-state index contributed by atoms with van der Waals surface area (Å²) in [5.41, 5.74) is 6.60. The number of hydrogen-bond acceptors (Lipinski definition) is 3. The van der Waals surface area contributed by atoms with Crippen molar-refractivity contribution >= 4 is 5.91 Å². The van der Waals surface area contributed by atoms with Crippen LogP contribution in [0.4, 0.5) is 0 Å². The van der Waals surface area contributed by atoms with Crippen LogP contribution in [-0.2, 0) is 11.3 Å². The van der Waals surface area contributed by atoms with E-state index < -0.39 is 0 Å². The Balaban J connectivity index is 2.62. The van der Waals surface area contributed by atoms with Crippen LogP contribution < -0.4 is 5.73 Å². The van der Waals surface area contributed by atoms with Gasteiger partial charge in [-0.15, -0.1) is 0 Å². The normalized spacial score (nSPS) is 12.5. The Hall–Kier alpha value is -1.42. The number of aromatic nitrogens is 1. The first-order valence-electron chi connectivity index (χ1n) is 6.45. The van der Waals surface area contributed by atoms with Gasteiger partial charge in [0.2, 0.25) is 5.91 Å². The van der Waals surface area contributed by atoms with Gasteiger partial charge in [-0.25, -0.2) is 0 Å². The molecule has 0 aliphatic rings. The molecule has 0 bridgehead atoms. The molecule has 18 heavy (non-hydrogen) atoms. The highest BCUT2D eigenvalue weighted by Crippen LogP contribution is 2.09. The largest absolute Gasteiger partial charge is 0.334 e. The lowest BCUT2D eigenvalue weighted by Crippen LogP contribution is -2.37. The zero-order valence-corrected chi connectivity index (χ0v) is 11.5. The maximum absolute atomic E-state index is 12.1.